The molecular weight excluding hydrogens is 472 g/mol. The second-order valence-corrected chi connectivity index (χ2v) is 9.33. The molecular formula is C27H30N6O4. The van der Waals surface area contributed by atoms with E-state index >= 15 is 0 Å². The molecule has 0 radical (unpaired) electrons. The lowest BCUT2D eigenvalue weighted by atomic mass is 10.0. The van der Waals surface area contributed by atoms with Crippen LogP contribution < -0.4 is 19.6 Å². The Morgan fingerprint density at radius 1 is 0.757 bits per heavy atom. The molecule has 2 aromatic heterocycles. The first kappa shape index (κ1) is 24.4. The number of rotatable bonds is 6. The van der Waals surface area contributed by atoms with Crippen LogP contribution in [0.3, 0.4) is 0 Å². The van der Waals surface area contributed by atoms with Crippen LogP contribution in [0.15, 0.2) is 67.0 Å². The molecule has 192 valence electrons. The summed E-state index contributed by atoms with van der Waals surface area (Å²) in [6, 6.07) is 15.5. The second kappa shape index (κ2) is 10.3. The number of pyridine rings is 2. The van der Waals surface area contributed by atoms with Gasteiger partial charge in [-0.15, -0.1) is 0 Å². The first-order chi connectivity index (χ1) is 17.9. The maximum Gasteiger partial charge on any atom is 0.328 e. The zero-order valence-corrected chi connectivity index (χ0v) is 20.6. The second-order valence-electron chi connectivity index (χ2n) is 9.33. The molecule has 2 saturated heterocycles. The Morgan fingerprint density at radius 2 is 1.30 bits per heavy atom. The third kappa shape index (κ3) is 5.00. The molecule has 0 aliphatic carbocycles. The predicted molar refractivity (Wildman–Crippen MR) is 142 cm³/mol. The van der Waals surface area contributed by atoms with Crippen LogP contribution in [0.4, 0.5) is 23.0 Å². The van der Waals surface area contributed by atoms with Crippen molar-refractivity contribution in [3.05, 3.63) is 72.6 Å². The molecule has 2 N–H and O–H groups in total. The highest BCUT2D eigenvalue weighted by Crippen LogP contribution is 2.32. The van der Waals surface area contributed by atoms with Gasteiger partial charge in [0.2, 0.25) is 0 Å². The molecule has 2 fully saturated rings. The van der Waals surface area contributed by atoms with Gasteiger partial charge in [0.25, 0.3) is 0 Å². The normalized spacial score (nSPS) is 20.1. The highest BCUT2D eigenvalue weighted by atomic mass is 16.4. The van der Waals surface area contributed by atoms with Gasteiger partial charge in [-0.25, -0.2) is 19.6 Å². The van der Waals surface area contributed by atoms with Gasteiger partial charge in [0.1, 0.15) is 23.7 Å². The highest BCUT2D eigenvalue weighted by molar-refractivity contribution is 5.83. The first-order valence-corrected chi connectivity index (χ1v) is 12.3. The average molecular weight is 503 g/mol. The van der Waals surface area contributed by atoms with E-state index in [9.17, 15) is 19.8 Å². The van der Waals surface area contributed by atoms with Crippen LogP contribution in [-0.4, -0.2) is 83.5 Å². The van der Waals surface area contributed by atoms with Crippen LogP contribution >= 0.6 is 0 Å². The quantitative estimate of drug-likeness (QED) is 0.521. The Kier molecular flexibility index (Phi) is 6.80. The number of benzene rings is 1. The number of aliphatic carboxylic acids is 2. The minimum atomic E-state index is -0.907. The number of anilines is 4. The van der Waals surface area contributed by atoms with E-state index in [-0.39, 0.29) is 0 Å². The fourth-order valence-corrected chi connectivity index (χ4v) is 5.17. The van der Waals surface area contributed by atoms with Gasteiger partial charge in [0.05, 0.1) is 13.1 Å². The topological polar surface area (TPSA) is 113 Å². The Bertz CT molecular complexity index is 1260. The van der Waals surface area contributed by atoms with Crippen molar-refractivity contribution < 1.29 is 19.8 Å². The van der Waals surface area contributed by atoms with Crippen molar-refractivity contribution in [2.45, 2.75) is 19.0 Å². The van der Waals surface area contributed by atoms with Crippen molar-refractivity contribution in [3.8, 4) is 0 Å². The molecule has 5 rings (SSSR count). The zero-order chi connectivity index (χ0) is 25.9. The Labute approximate surface area is 215 Å². The number of hydrogen-bond donors (Lipinski definition) is 2. The molecule has 4 heterocycles. The van der Waals surface area contributed by atoms with Crippen molar-refractivity contribution in [3.63, 3.8) is 0 Å². The molecule has 0 spiro atoms. The number of aryl methyl sites for hydroxylation is 1. The number of piperazine rings is 2. The summed E-state index contributed by atoms with van der Waals surface area (Å²) in [5, 5.41) is 20.2. The summed E-state index contributed by atoms with van der Waals surface area (Å²) in [4.78, 5) is 41.2. The summed E-state index contributed by atoms with van der Waals surface area (Å²) in [6.45, 7) is 4.83. The number of carboxylic acids is 2. The van der Waals surface area contributed by atoms with E-state index in [1.807, 2.05) is 81.1 Å². The van der Waals surface area contributed by atoms with Gasteiger partial charge in [0, 0.05) is 49.9 Å². The average Bonchev–Trinajstić information content (AvgIpc) is 2.93. The van der Waals surface area contributed by atoms with Gasteiger partial charge in [-0.2, -0.15) is 0 Å². The number of carboxylic acid groups (broad SMARTS) is 2. The van der Waals surface area contributed by atoms with Crippen LogP contribution in [0, 0.1) is 6.92 Å². The van der Waals surface area contributed by atoms with Crippen LogP contribution in [-0.2, 0) is 9.59 Å². The van der Waals surface area contributed by atoms with Gasteiger partial charge in [-0.1, -0.05) is 18.2 Å². The Balaban J connectivity index is 1.40. The van der Waals surface area contributed by atoms with Crippen molar-refractivity contribution >= 4 is 34.9 Å². The van der Waals surface area contributed by atoms with E-state index in [0.717, 1.165) is 28.6 Å². The zero-order valence-electron chi connectivity index (χ0n) is 20.6. The van der Waals surface area contributed by atoms with Crippen molar-refractivity contribution in [2.24, 2.45) is 0 Å². The number of carbonyl (C=O) groups is 2. The number of nitrogens with zero attached hydrogens (tertiary/aromatic N) is 6. The summed E-state index contributed by atoms with van der Waals surface area (Å²) in [6.07, 6.45) is 3.41. The van der Waals surface area contributed by atoms with Crippen molar-refractivity contribution in [1.82, 2.24) is 9.97 Å². The summed E-state index contributed by atoms with van der Waals surface area (Å²) in [5.74, 6) is -0.296. The molecule has 10 heteroatoms. The smallest absolute Gasteiger partial charge is 0.328 e. The van der Waals surface area contributed by atoms with Crippen molar-refractivity contribution in [2.75, 3.05) is 58.9 Å². The summed E-state index contributed by atoms with van der Waals surface area (Å²) < 4.78 is 0. The molecule has 1 aromatic carbocycles. The number of aromatic nitrogens is 2. The molecule has 37 heavy (non-hydrogen) atoms. The summed E-state index contributed by atoms with van der Waals surface area (Å²) in [7, 11) is 0. The molecule has 10 nitrogen and oxygen atoms in total. The van der Waals surface area contributed by atoms with Crippen LogP contribution in [0.2, 0.25) is 0 Å². The fourth-order valence-electron chi connectivity index (χ4n) is 5.17. The fraction of sp³-hybridized carbons (Fsp3) is 0.333. The van der Waals surface area contributed by atoms with E-state index in [4.69, 9.17) is 0 Å². The SMILES string of the molecule is Cc1ccc(N2CCN(c3ccccn3)CC2C(=O)O)cc1N1CCN(c2ccccn2)CC1C(=O)O. The van der Waals surface area contributed by atoms with Gasteiger partial charge >= 0.3 is 11.9 Å². The van der Waals surface area contributed by atoms with Crippen LogP contribution in [0.25, 0.3) is 0 Å². The molecule has 0 amide bonds. The van der Waals surface area contributed by atoms with E-state index < -0.39 is 24.0 Å². The van der Waals surface area contributed by atoms with Gasteiger partial charge in [0.15, 0.2) is 0 Å². The van der Waals surface area contributed by atoms with Crippen LogP contribution in [0.5, 0.6) is 0 Å². The summed E-state index contributed by atoms with van der Waals surface area (Å²) in [5.41, 5.74) is 2.52. The monoisotopic (exact) mass is 502 g/mol. The predicted octanol–water partition coefficient (Wildman–Crippen LogP) is 2.34. The largest absolute Gasteiger partial charge is 0.480 e. The summed E-state index contributed by atoms with van der Waals surface area (Å²) >= 11 is 0. The lowest BCUT2D eigenvalue weighted by Gasteiger charge is -2.43. The van der Waals surface area contributed by atoms with Gasteiger partial charge in [-0.3, -0.25) is 0 Å². The van der Waals surface area contributed by atoms with Crippen molar-refractivity contribution in [1.29, 1.82) is 0 Å². The molecule has 2 atom stereocenters. The molecule has 0 bridgehead atoms. The first-order valence-electron chi connectivity index (χ1n) is 12.3. The Hall–Kier alpha value is -4.34. The van der Waals surface area contributed by atoms with E-state index in [1.165, 1.54) is 0 Å². The third-order valence-corrected chi connectivity index (χ3v) is 7.11. The van der Waals surface area contributed by atoms with Crippen LogP contribution in [0.1, 0.15) is 5.56 Å². The van der Waals surface area contributed by atoms with Gasteiger partial charge in [-0.05, 0) is 48.9 Å². The highest BCUT2D eigenvalue weighted by Gasteiger charge is 2.36. The maximum atomic E-state index is 12.3. The molecule has 2 aliphatic heterocycles. The maximum absolute atomic E-state index is 12.3. The Morgan fingerprint density at radius 3 is 1.81 bits per heavy atom. The van der Waals surface area contributed by atoms with E-state index in [2.05, 4.69) is 9.97 Å². The molecule has 0 saturated carbocycles. The molecule has 2 aliphatic rings. The lowest BCUT2D eigenvalue weighted by Crippen LogP contribution is -2.58. The van der Waals surface area contributed by atoms with E-state index in [0.29, 0.717) is 39.3 Å². The molecule has 2 unspecified atom stereocenters. The minimum Gasteiger partial charge on any atom is -0.480 e. The number of hydrogen-bond acceptors (Lipinski definition) is 8. The van der Waals surface area contributed by atoms with E-state index in [1.54, 1.807) is 12.4 Å². The molecule has 3 aromatic rings. The third-order valence-electron chi connectivity index (χ3n) is 7.11. The minimum absolute atomic E-state index is 0.302. The van der Waals surface area contributed by atoms with Gasteiger partial charge < -0.3 is 29.8 Å². The lowest BCUT2D eigenvalue weighted by molar-refractivity contribution is -0.139. The standard InChI is InChI=1S/C27H30N6O4/c1-19-8-9-20(32-14-12-30(17-22(32)26(34)35)24-6-2-4-10-28-24)16-21(19)33-15-13-31(18-23(33)27(36)37)25-7-3-5-11-29-25/h2-11,16,22-23H,12-15,17-18H2,1H3,(H,34,35)(H,36,37).